The second-order valence-electron chi connectivity index (χ2n) is 6.57. The van der Waals surface area contributed by atoms with Crippen molar-refractivity contribution in [2.45, 2.75) is 32.9 Å². The molecule has 0 unspecified atom stereocenters. The van der Waals surface area contributed by atoms with Gasteiger partial charge in [-0.05, 0) is 30.5 Å². The Balaban J connectivity index is 2.08. The van der Waals surface area contributed by atoms with Crippen molar-refractivity contribution in [3.63, 3.8) is 0 Å². The molecule has 2 rings (SSSR count). The normalized spacial score (nSPS) is 19.0. The molecule has 1 aromatic rings. The Morgan fingerprint density at radius 3 is 2.64 bits per heavy atom. The lowest BCUT2D eigenvalue weighted by Gasteiger charge is -2.39. The largest absolute Gasteiger partial charge is 0.386 e. The molecule has 1 aliphatic heterocycles. The van der Waals surface area contributed by atoms with Crippen molar-refractivity contribution in [3.8, 4) is 0 Å². The second kappa shape index (κ2) is 8.82. The molecule has 1 aliphatic rings. The number of carbonyl (C=O) groups is 2. The van der Waals surface area contributed by atoms with E-state index in [1.54, 1.807) is 29.2 Å². The van der Waals surface area contributed by atoms with Gasteiger partial charge in [0.25, 0.3) is 0 Å². The Hall–Kier alpha value is -2.12. The van der Waals surface area contributed by atoms with Gasteiger partial charge in [-0.15, -0.1) is 0 Å². The van der Waals surface area contributed by atoms with Crippen LogP contribution in [0, 0.1) is 5.92 Å². The molecule has 7 heteroatoms. The number of morpholine rings is 1. The average molecular weight is 349 g/mol. The first kappa shape index (κ1) is 19.2. The van der Waals surface area contributed by atoms with E-state index in [4.69, 9.17) is 4.74 Å². The topological polar surface area (TPSA) is 90.9 Å². The molecule has 7 nitrogen and oxygen atoms in total. The monoisotopic (exact) mass is 349 g/mol. The fourth-order valence-corrected chi connectivity index (χ4v) is 2.84. The Kier molecular flexibility index (Phi) is 6.78. The first-order chi connectivity index (χ1) is 11.9. The molecule has 0 saturated carbocycles. The van der Waals surface area contributed by atoms with Crippen molar-refractivity contribution in [1.29, 1.82) is 0 Å². The van der Waals surface area contributed by atoms with Crippen LogP contribution in [0.4, 0.5) is 10.5 Å². The minimum absolute atomic E-state index is 0.0609. The number of urea groups is 1. The molecule has 0 aliphatic carbocycles. The molecule has 25 heavy (non-hydrogen) atoms. The summed E-state index contributed by atoms with van der Waals surface area (Å²) < 4.78 is 5.34. The number of aliphatic hydroxyl groups excluding tert-OH is 1. The molecular formula is C18H27N3O4. The van der Waals surface area contributed by atoms with E-state index in [1.807, 2.05) is 20.8 Å². The molecule has 0 spiro atoms. The number of anilines is 1. The molecule has 1 aromatic carbocycles. The van der Waals surface area contributed by atoms with E-state index in [0.717, 1.165) is 0 Å². The zero-order valence-corrected chi connectivity index (χ0v) is 15.0. The van der Waals surface area contributed by atoms with Crippen LogP contribution >= 0.6 is 0 Å². The lowest BCUT2D eigenvalue weighted by atomic mass is 9.99. The van der Waals surface area contributed by atoms with Gasteiger partial charge in [0.2, 0.25) is 5.91 Å². The number of rotatable bonds is 6. The Morgan fingerprint density at radius 2 is 2.04 bits per heavy atom. The summed E-state index contributed by atoms with van der Waals surface area (Å²) in [4.78, 5) is 25.4. The van der Waals surface area contributed by atoms with E-state index in [1.165, 1.54) is 0 Å². The van der Waals surface area contributed by atoms with Crippen LogP contribution in [-0.4, -0.2) is 54.3 Å². The van der Waals surface area contributed by atoms with E-state index < -0.39 is 12.1 Å². The smallest absolute Gasteiger partial charge is 0.319 e. The van der Waals surface area contributed by atoms with Gasteiger partial charge < -0.3 is 25.4 Å². The third kappa shape index (κ3) is 5.17. The average Bonchev–Trinajstić information content (AvgIpc) is 2.56. The van der Waals surface area contributed by atoms with Crippen molar-refractivity contribution >= 4 is 17.6 Å². The summed E-state index contributed by atoms with van der Waals surface area (Å²) in [5.41, 5.74) is 1.32. The molecule has 0 bridgehead atoms. The summed E-state index contributed by atoms with van der Waals surface area (Å²) >= 11 is 0. The van der Waals surface area contributed by atoms with Gasteiger partial charge in [0.15, 0.2) is 0 Å². The maximum absolute atomic E-state index is 12.1. The highest BCUT2D eigenvalue weighted by atomic mass is 16.5. The van der Waals surface area contributed by atoms with E-state index >= 15 is 0 Å². The van der Waals surface area contributed by atoms with Gasteiger partial charge in [0.1, 0.15) is 12.7 Å². The summed E-state index contributed by atoms with van der Waals surface area (Å²) in [6.07, 6.45) is -0.846. The fourth-order valence-electron chi connectivity index (χ4n) is 2.84. The van der Waals surface area contributed by atoms with Crippen LogP contribution in [0.2, 0.25) is 0 Å². The molecule has 2 atom stereocenters. The predicted octanol–water partition coefficient (Wildman–Crippen LogP) is 1.74. The molecular weight excluding hydrogens is 322 g/mol. The lowest BCUT2D eigenvalue weighted by molar-refractivity contribution is -0.155. The van der Waals surface area contributed by atoms with Crippen LogP contribution in [0.3, 0.4) is 0 Å². The number of nitrogens with zero attached hydrogens (tertiary/aromatic N) is 1. The predicted molar refractivity (Wildman–Crippen MR) is 95.3 cm³/mol. The fraction of sp³-hybridized carbons (Fsp3) is 0.556. The van der Waals surface area contributed by atoms with Gasteiger partial charge in [0.05, 0.1) is 12.6 Å². The Labute approximate surface area is 148 Å². The number of aliphatic hydroxyl groups is 1. The maximum Gasteiger partial charge on any atom is 0.319 e. The maximum atomic E-state index is 12.1. The first-order valence-electron chi connectivity index (χ1n) is 8.62. The first-order valence-corrected chi connectivity index (χ1v) is 8.62. The van der Waals surface area contributed by atoms with E-state index in [0.29, 0.717) is 36.9 Å². The van der Waals surface area contributed by atoms with Gasteiger partial charge in [-0.2, -0.15) is 0 Å². The minimum atomic E-state index is -0.846. The van der Waals surface area contributed by atoms with Crippen molar-refractivity contribution in [3.05, 3.63) is 29.8 Å². The summed E-state index contributed by atoms with van der Waals surface area (Å²) in [6.45, 7) is 7.41. The highest BCUT2D eigenvalue weighted by Crippen LogP contribution is 2.26. The number of benzene rings is 1. The summed E-state index contributed by atoms with van der Waals surface area (Å²) in [6, 6.07) is 6.27. The SMILES string of the molecule is CCNC(=O)Nc1ccc([C@@H](O)[C@H]2COCC(=O)N2CC(C)C)cc1. The summed E-state index contributed by atoms with van der Waals surface area (Å²) in [5, 5.41) is 16.1. The van der Waals surface area contributed by atoms with E-state index in [-0.39, 0.29) is 18.5 Å². The summed E-state index contributed by atoms with van der Waals surface area (Å²) in [5.74, 6) is 0.207. The van der Waals surface area contributed by atoms with Crippen molar-refractivity contribution < 1.29 is 19.4 Å². The van der Waals surface area contributed by atoms with Gasteiger partial charge in [-0.25, -0.2) is 4.79 Å². The Bertz CT molecular complexity index is 588. The van der Waals surface area contributed by atoms with Crippen molar-refractivity contribution in [2.75, 3.05) is 31.6 Å². The van der Waals surface area contributed by atoms with Gasteiger partial charge >= 0.3 is 6.03 Å². The van der Waals surface area contributed by atoms with E-state index in [2.05, 4.69) is 10.6 Å². The minimum Gasteiger partial charge on any atom is -0.386 e. The second-order valence-corrected chi connectivity index (χ2v) is 6.57. The molecule has 3 amide bonds. The van der Waals surface area contributed by atoms with E-state index in [9.17, 15) is 14.7 Å². The number of hydrogen-bond donors (Lipinski definition) is 3. The van der Waals surface area contributed by atoms with Crippen LogP contribution in [0.1, 0.15) is 32.4 Å². The standard InChI is InChI=1S/C18H27N3O4/c1-4-19-18(24)20-14-7-5-13(6-8-14)17(23)15-10-25-11-16(22)21(15)9-12(2)3/h5-8,12,15,17,23H,4,9-11H2,1-3H3,(H2,19,20,24)/t15-,17-/m1/s1. The highest BCUT2D eigenvalue weighted by molar-refractivity contribution is 5.89. The quantitative estimate of drug-likeness (QED) is 0.730. The van der Waals surface area contributed by atoms with Crippen molar-refractivity contribution in [1.82, 2.24) is 10.2 Å². The van der Waals surface area contributed by atoms with Crippen molar-refractivity contribution in [2.24, 2.45) is 5.92 Å². The van der Waals surface area contributed by atoms with Gasteiger partial charge in [-0.3, -0.25) is 4.79 Å². The molecule has 138 valence electrons. The summed E-state index contributed by atoms with van der Waals surface area (Å²) in [7, 11) is 0. The third-order valence-electron chi connectivity index (χ3n) is 4.01. The number of carbonyl (C=O) groups excluding carboxylic acids is 2. The van der Waals surface area contributed by atoms with Gasteiger partial charge in [-0.1, -0.05) is 26.0 Å². The van der Waals surface area contributed by atoms with Crippen LogP contribution < -0.4 is 10.6 Å². The molecule has 3 N–H and O–H groups in total. The number of amides is 3. The highest BCUT2D eigenvalue weighted by Gasteiger charge is 2.34. The molecule has 1 saturated heterocycles. The third-order valence-corrected chi connectivity index (χ3v) is 4.01. The molecule has 1 heterocycles. The number of hydrogen-bond acceptors (Lipinski definition) is 4. The van der Waals surface area contributed by atoms with Crippen LogP contribution in [0.5, 0.6) is 0 Å². The molecule has 0 aromatic heterocycles. The van der Waals surface area contributed by atoms with Crippen LogP contribution in [-0.2, 0) is 9.53 Å². The zero-order chi connectivity index (χ0) is 18.4. The lowest BCUT2D eigenvalue weighted by Crippen LogP contribution is -2.53. The van der Waals surface area contributed by atoms with Gasteiger partial charge in [0, 0.05) is 18.8 Å². The zero-order valence-electron chi connectivity index (χ0n) is 15.0. The Morgan fingerprint density at radius 1 is 1.36 bits per heavy atom. The van der Waals surface area contributed by atoms with Crippen LogP contribution in [0.15, 0.2) is 24.3 Å². The van der Waals surface area contributed by atoms with Crippen LogP contribution in [0.25, 0.3) is 0 Å². The number of nitrogens with one attached hydrogen (secondary N) is 2. The molecule has 1 fully saturated rings. The number of ether oxygens (including phenoxy) is 1. The molecule has 0 radical (unpaired) electrons.